The van der Waals surface area contributed by atoms with Crippen molar-refractivity contribution < 1.29 is 14.6 Å². The summed E-state index contributed by atoms with van der Waals surface area (Å²) in [6.45, 7) is 6.52. The number of aliphatic hydroxyl groups excluding tert-OH is 1. The second-order valence-electron chi connectivity index (χ2n) is 3.69. The van der Waals surface area contributed by atoms with E-state index in [1.165, 1.54) is 0 Å². The number of aliphatic hydroxyl groups is 1. The van der Waals surface area contributed by atoms with E-state index in [-0.39, 0.29) is 13.2 Å². The van der Waals surface area contributed by atoms with Gasteiger partial charge in [-0.2, -0.15) is 0 Å². The Balaban J connectivity index is 2.93. The summed E-state index contributed by atoms with van der Waals surface area (Å²) in [7, 11) is 0. The van der Waals surface area contributed by atoms with Crippen LogP contribution in [0.3, 0.4) is 0 Å². The molecular weight excluding hydrogens is 298 g/mol. The molecule has 2 N–H and O–H groups in total. The lowest BCUT2D eigenvalue weighted by Gasteiger charge is -2.15. The number of hydrogen-bond donors (Lipinski definition) is 2. The first kappa shape index (κ1) is 15.3. The molecule has 0 aliphatic carbocycles. The predicted molar refractivity (Wildman–Crippen MR) is 75.3 cm³/mol. The molecule has 1 rings (SSSR count). The Labute approximate surface area is 116 Å². The molecule has 0 aliphatic rings. The summed E-state index contributed by atoms with van der Waals surface area (Å²) in [4.78, 5) is 0. The van der Waals surface area contributed by atoms with Crippen molar-refractivity contribution in [1.29, 1.82) is 0 Å². The zero-order valence-electron chi connectivity index (χ0n) is 10.8. The second kappa shape index (κ2) is 8.34. The van der Waals surface area contributed by atoms with E-state index in [1.807, 2.05) is 19.1 Å². The average Bonchev–Trinajstić information content (AvgIpc) is 2.36. The number of hydrogen-bond acceptors (Lipinski definition) is 4. The molecule has 4 nitrogen and oxygen atoms in total. The third-order valence-electron chi connectivity index (χ3n) is 2.29. The van der Waals surface area contributed by atoms with Crippen LogP contribution in [0.1, 0.15) is 19.4 Å². The summed E-state index contributed by atoms with van der Waals surface area (Å²) >= 11 is 3.48. The van der Waals surface area contributed by atoms with Crippen molar-refractivity contribution >= 4 is 15.9 Å². The fourth-order valence-corrected chi connectivity index (χ4v) is 2.15. The molecule has 18 heavy (non-hydrogen) atoms. The maximum absolute atomic E-state index is 8.82. The Morgan fingerprint density at radius 2 is 2.06 bits per heavy atom. The maximum atomic E-state index is 8.82. The molecule has 0 spiro atoms. The van der Waals surface area contributed by atoms with Crippen molar-refractivity contribution in [2.45, 2.75) is 20.4 Å². The zero-order valence-corrected chi connectivity index (χ0v) is 12.4. The van der Waals surface area contributed by atoms with Gasteiger partial charge in [-0.15, -0.1) is 0 Å². The second-order valence-corrected chi connectivity index (χ2v) is 4.54. The number of halogens is 1. The molecule has 0 amide bonds. The molecule has 0 saturated heterocycles. The summed E-state index contributed by atoms with van der Waals surface area (Å²) < 4.78 is 11.9. The smallest absolute Gasteiger partial charge is 0.175 e. The Hall–Kier alpha value is -0.780. The van der Waals surface area contributed by atoms with Gasteiger partial charge in [0.15, 0.2) is 11.5 Å². The van der Waals surface area contributed by atoms with Gasteiger partial charge in [0.2, 0.25) is 0 Å². The lowest BCUT2D eigenvalue weighted by molar-refractivity contribution is 0.193. The van der Waals surface area contributed by atoms with Crippen LogP contribution >= 0.6 is 15.9 Å². The first-order valence-corrected chi connectivity index (χ1v) is 6.91. The summed E-state index contributed by atoms with van der Waals surface area (Å²) in [6.07, 6.45) is 0. The van der Waals surface area contributed by atoms with Gasteiger partial charge in [-0.25, -0.2) is 0 Å². The highest BCUT2D eigenvalue weighted by molar-refractivity contribution is 9.10. The van der Waals surface area contributed by atoms with Crippen LogP contribution in [-0.4, -0.2) is 31.5 Å². The molecule has 0 atom stereocenters. The van der Waals surface area contributed by atoms with Crippen LogP contribution < -0.4 is 14.8 Å². The molecule has 0 aliphatic heterocycles. The van der Waals surface area contributed by atoms with E-state index in [1.54, 1.807) is 0 Å². The van der Waals surface area contributed by atoms with E-state index in [0.29, 0.717) is 18.1 Å². The summed E-state index contributed by atoms with van der Waals surface area (Å²) in [5, 5.41) is 12.1. The molecule has 0 bridgehead atoms. The van der Waals surface area contributed by atoms with Crippen molar-refractivity contribution in [2.24, 2.45) is 0 Å². The number of rotatable bonds is 8. The lowest BCUT2D eigenvalue weighted by atomic mass is 10.2. The van der Waals surface area contributed by atoms with Crippen molar-refractivity contribution in [3.8, 4) is 11.5 Å². The molecule has 102 valence electrons. The highest BCUT2D eigenvalue weighted by Gasteiger charge is 2.11. The fourth-order valence-electron chi connectivity index (χ4n) is 1.54. The summed E-state index contributed by atoms with van der Waals surface area (Å²) in [5.41, 5.74) is 1.13. The minimum atomic E-state index is -0.0167. The molecule has 0 heterocycles. The third kappa shape index (κ3) is 4.48. The van der Waals surface area contributed by atoms with Gasteiger partial charge < -0.3 is 19.9 Å². The molecule has 1 aromatic rings. The molecule has 0 radical (unpaired) electrons. The molecule has 1 aromatic carbocycles. The monoisotopic (exact) mass is 317 g/mol. The maximum Gasteiger partial charge on any atom is 0.175 e. The van der Waals surface area contributed by atoms with Crippen LogP contribution in [0.5, 0.6) is 11.5 Å². The minimum Gasteiger partial charge on any atom is -0.490 e. The highest BCUT2D eigenvalue weighted by atomic mass is 79.9. The van der Waals surface area contributed by atoms with E-state index in [4.69, 9.17) is 14.6 Å². The number of ether oxygens (including phenoxy) is 2. The molecule has 5 heteroatoms. The van der Waals surface area contributed by atoms with Gasteiger partial charge in [0.25, 0.3) is 0 Å². The zero-order chi connectivity index (χ0) is 13.4. The minimum absolute atomic E-state index is 0.0167. The Morgan fingerprint density at radius 1 is 1.28 bits per heavy atom. The topological polar surface area (TPSA) is 50.7 Å². The lowest BCUT2D eigenvalue weighted by Crippen LogP contribution is -2.12. The van der Waals surface area contributed by atoms with Gasteiger partial charge in [-0.3, -0.25) is 0 Å². The normalized spacial score (nSPS) is 10.4. The van der Waals surface area contributed by atoms with E-state index in [2.05, 4.69) is 28.2 Å². The van der Waals surface area contributed by atoms with Gasteiger partial charge in [0, 0.05) is 6.54 Å². The van der Waals surface area contributed by atoms with Crippen LogP contribution in [-0.2, 0) is 6.54 Å². The first-order chi connectivity index (χ1) is 8.72. The quantitative estimate of drug-likeness (QED) is 0.772. The van der Waals surface area contributed by atoms with Gasteiger partial charge in [-0.05, 0) is 47.1 Å². The van der Waals surface area contributed by atoms with E-state index in [0.717, 1.165) is 23.1 Å². The standard InChI is InChI=1S/C13H20BrNO3/c1-3-15-9-10-7-11(14)13(18-6-5-16)12(8-10)17-4-2/h7-8,15-16H,3-6,9H2,1-2H3. The van der Waals surface area contributed by atoms with E-state index >= 15 is 0 Å². The summed E-state index contributed by atoms with van der Waals surface area (Å²) in [6, 6.07) is 3.96. The van der Waals surface area contributed by atoms with Crippen molar-refractivity contribution in [1.82, 2.24) is 5.32 Å². The Kier molecular flexibility index (Phi) is 7.08. The molecule has 0 unspecified atom stereocenters. The van der Waals surface area contributed by atoms with Crippen LogP contribution in [0.2, 0.25) is 0 Å². The van der Waals surface area contributed by atoms with Crippen LogP contribution in [0.15, 0.2) is 16.6 Å². The van der Waals surface area contributed by atoms with Gasteiger partial charge in [0.1, 0.15) is 6.61 Å². The van der Waals surface area contributed by atoms with Gasteiger partial charge in [0.05, 0.1) is 17.7 Å². The van der Waals surface area contributed by atoms with Crippen LogP contribution in [0.4, 0.5) is 0 Å². The average molecular weight is 318 g/mol. The van der Waals surface area contributed by atoms with E-state index < -0.39 is 0 Å². The van der Waals surface area contributed by atoms with E-state index in [9.17, 15) is 0 Å². The first-order valence-electron chi connectivity index (χ1n) is 6.12. The number of nitrogens with one attached hydrogen (secondary N) is 1. The van der Waals surface area contributed by atoms with Gasteiger partial charge >= 0.3 is 0 Å². The SMILES string of the molecule is CCNCc1cc(Br)c(OCCO)c(OCC)c1. The summed E-state index contributed by atoms with van der Waals surface area (Å²) in [5.74, 6) is 1.35. The Morgan fingerprint density at radius 3 is 2.67 bits per heavy atom. The van der Waals surface area contributed by atoms with Crippen molar-refractivity contribution in [3.05, 3.63) is 22.2 Å². The molecule has 0 saturated carbocycles. The van der Waals surface area contributed by atoms with Crippen LogP contribution in [0, 0.1) is 0 Å². The predicted octanol–water partition coefficient (Wildman–Crippen LogP) is 2.33. The van der Waals surface area contributed by atoms with Crippen molar-refractivity contribution in [2.75, 3.05) is 26.4 Å². The fraction of sp³-hybridized carbons (Fsp3) is 0.538. The Bertz CT molecular complexity index is 371. The molecule has 0 fully saturated rings. The van der Waals surface area contributed by atoms with Gasteiger partial charge in [-0.1, -0.05) is 6.92 Å². The van der Waals surface area contributed by atoms with Crippen molar-refractivity contribution in [3.63, 3.8) is 0 Å². The highest BCUT2D eigenvalue weighted by Crippen LogP contribution is 2.36. The van der Waals surface area contributed by atoms with Crippen LogP contribution in [0.25, 0.3) is 0 Å². The number of benzene rings is 1. The third-order valence-corrected chi connectivity index (χ3v) is 2.88. The molecular formula is C13H20BrNO3. The molecule has 0 aromatic heterocycles. The largest absolute Gasteiger partial charge is 0.490 e.